The summed E-state index contributed by atoms with van der Waals surface area (Å²) in [4.78, 5) is 5.08. The van der Waals surface area contributed by atoms with Gasteiger partial charge in [-0.1, -0.05) is 84.9 Å². The highest BCUT2D eigenvalue weighted by Gasteiger charge is 2.22. The fourth-order valence-corrected chi connectivity index (χ4v) is 8.24. The van der Waals surface area contributed by atoms with Crippen molar-refractivity contribution in [3.8, 4) is 63.1 Å². The summed E-state index contributed by atoms with van der Waals surface area (Å²) in [6, 6.07) is 61.7. The Hall–Kier alpha value is -8.24. The first kappa shape index (κ1) is 32.4. The summed E-state index contributed by atoms with van der Waals surface area (Å²) >= 11 is 0. The molecule has 0 saturated heterocycles. The maximum absolute atomic E-state index is 10.2. The molecule has 6 heteroatoms. The summed E-state index contributed by atoms with van der Waals surface area (Å²) in [5, 5.41) is 34.3. The number of benzene rings is 7. The highest BCUT2D eigenvalue weighted by molar-refractivity contribution is 6.12. The molecule has 0 spiro atoms. The van der Waals surface area contributed by atoms with E-state index < -0.39 is 0 Å². The third-order valence-corrected chi connectivity index (χ3v) is 10.7. The van der Waals surface area contributed by atoms with Crippen molar-refractivity contribution in [1.82, 2.24) is 14.1 Å². The molecule has 0 amide bonds. The molecule has 0 unspecified atom stereocenters. The van der Waals surface area contributed by atoms with E-state index in [0.29, 0.717) is 16.7 Å². The molecule has 10 rings (SSSR count). The first-order chi connectivity index (χ1) is 27.7. The zero-order chi connectivity index (χ0) is 37.8. The van der Waals surface area contributed by atoms with Crippen LogP contribution in [-0.2, 0) is 0 Å². The first-order valence-corrected chi connectivity index (χ1v) is 18.2. The van der Waals surface area contributed by atoms with Gasteiger partial charge in [0.1, 0.15) is 0 Å². The molecule has 7 aromatic carbocycles. The second-order valence-corrected chi connectivity index (χ2v) is 13.7. The van der Waals surface area contributed by atoms with Crippen molar-refractivity contribution in [2.75, 3.05) is 0 Å². The summed E-state index contributed by atoms with van der Waals surface area (Å²) in [5.74, 6) is 0. The predicted octanol–water partition coefficient (Wildman–Crippen LogP) is 11.9. The van der Waals surface area contributed by atoms with Gasteiger partial charge in [0.05, 0.1) is 74.0 Å². The van der Waals surface area contributed by atoms with Crippen LogP contribution in [0.25, 0.3) is 88.5 Å². The molecule has 0 atom stereocenters. The van der Waals surface area contributed by atoms with E-state index in [2.05, 4.69) is 94.1 Å². The van der Waals surface area contributed by atoms with Crippen LogP contribution in [-0.4, -0.2) is 14.1 Å². The van der Waals surface area contributed by atoms with Gasteiger partial charge in [-0.2, -0.15) is 15.8 Å². The van der Waals surface area contributed by atoms with Gasteiger partial charge in [0, 0.05) is 33.3 Å². The molecule has 10 aromatic rings. The average molecular weight is 713 g/mol. The lowest BCUT2D eigenvalue weighted by Gasteiger charge is -2.18. The fourth-order valence-electron chi connectivity index (χ4n) is 8.24. The molecule has 0 N–H and O–H groups in total. The third kappa shape index (κ3) is 4.97. The Balaban J connectivity index is 1.23. The Morgan fingerprint density at radius 1 is 0.393 bits per heavy atom. The van der Waals surface area contributed by atoms with E-state index in [-0.39, 0.29) is 0 Å². The van der Waals surface area contributed by atoms with Crippen molar-refractivity contribution in [1.29, 1.82) is 15.8 Å². The van der Waals surface area contributed by atoms with E-state index in [1.54, 1.807) is 6.20 Å². The fraction of sp³-hybridized carbons (Fsp3) is 0. The van der Waals surface area contributed by atoms with Crippen LogP contribution in [0.1, 0.15) is 16.7 Å². The topological polar surface area (TPSA) is 94.1 Å². The largest absolute Gasteiger partial charge is 0.309 e. The van der Waals surface area contributed by atoms with Gasteiger partial charge in [-0.05, 0) is 101 Å². The number of hydrogen-bond donors (Lipinski definition) is 0. The van der Waals surface area contributed by atoms with Crippen molar-refractivity contribution in [2.24, 2.45) is 0 Å². The van der Waals surface area contributed by atoms with Crippen LogP contribution in [0, 0.1) is 34.0 Å². The number of rotatable bonds is 5. The number of fused-ring (bicyclic) bond motifs is 6. The van der Waals surface area contributed by atoms with E-state index in [0.717, 1.165) is 88.5 Å². The molecule has 6 nitrogen and oxygen atoms in total. The van der Waals surface area contributed by atoms with Crippen LogP contribution in [0.2, 0.25) is 0 Å². The Bertz CT molecular complexity index is 3360. The number of para-hydroxylation sites is 2. The number of pyridine rings is 1. The predicted molar refractivity (Wildman–Crippen MR) is 223 cm³/mol. The van der Waals surface area contributed by atoms with Crippen molar-refractivity contribution in [2.45, 2.75) is 0 Å². The maximum Gasteiger partial charge on any atom is 0.0998 e. The van der Waals surface area contributed by atoms with Gasteiger partial charge in [-0.3, -0.25) is 4.98 Å². The zero-order valence-corrected chi connectivity index (χ0v) is 29.8. The summed E-state index contributed by atoms with van der Waals surface area (Å²) in [6.07, 6.45) is 1.80. The lowest BCUT2D eigenvalue weighted by Crippen LogP contribution is -2.03. The van der Waals surface area contributed by atoms with Crippen LogP contribution in [0.4, 0.5) is 0 Å². The van der Waals surface area contributed by atoms with Gasteiger partial charge in [0.25, 0.3) is 0 Å². The number of nitrogens with zero attached hydrogens (tertiary/aromatic N) is 6. The van der Waals surface area contributed by atoms with Crippen LogP contribution >= 0.6 is 0 Å². The van der Waals surface area contributed by atoms with Crippen LogP contribution in [0.3, 0.4) is 0 Å². The van der Waals surface area contributed by atoms with Crippen LogP contribution < -0.4 is 0 Å². The molecule has 0 aliphatic carbocycles. The van der Waals surface area contributed by atoms with E-state index in [1.807, 2.05) is 97.1 Å². The molecule has 258 valence electrons. The molecule has 0 aliphatic heterocycles. The van der Waals surface area contributed by atoms with Crippen molar-refractivity contribution in [3.05, 3.63) is 187 Å². The maximum atomic E-state index is 10.2. The monoisotopic (exact) mass is 712 g/mol. The molecule has 0 radical (unpaired) electrons. The molecular weight excluding hydrogens is 685 g/mol. The standard InChI is InChI=1S/C50H28N6/c51-29-32-19-22-48(55-44-16-7-5-14-39(44)41-27-33(20-23-46(41)55)37-12-3-1-10-35(37)30-52)43(26-32)50-49(18-9-25-54-50)56-45-17-8-6-15-40(45)42-28-34(21-24-47(42)56)38-13-4-2-11-36(38)31-53/h1-28H. The lowest BCUT2D eigenvalue weighted by molar-refractivity contribution is 1.13. The van der Waals surface area contributed by atoms with Crippen LogP contribution in [0.5, 0.6) is 0 Å². The Morgan fingerprint density at radius 3 is 1.48 bits per heavy atom. The smallest absolute Gasteiger partial charge is 0.0998 e. The Labute approximate surface area is 322 Å². The third-order valence-electron chi connectivity index (χ3n) is 10.7. The molecule has 0 fully saturated rings. The van der Waals surface area contributed by atoms with Crippen molar-refractivity contribution < 1.29 is 0 Å². The quantitative estimate of drug-likeness (QED) is 0.177. The summed E-state index contributed by atoms with van der Waals surface area (Å²) in [5.41, 5.74) is 12.8. The molecule has 0 saturated carbocycles. The molecule has 0 aliphatic rings. The minimum absolute atomic E-state index is 0.527. The van der Waals surface area contributed by atoms with Gasteiger partial charge in [0.15, 0.2) is 0 Å². The molecule has 0 bridgehead atoms. The molecule has 56 heavy (non-hydrogen) atoms. The number of nitriles is 3. The van der Waals surface area contributed by atoms with E-state index in [1.165, 1.54) is 0 Å². The van der Waals surface area contributed by atoms with Gasteiger partial charge in [-0.15, -0.1) is 0 Å². The zero-order valence-electron chi connectivity index (χ0n) is 29.8. The number of hydrogen-bond acceptors (Lipinski definition) is 4. The van der Waals surface area contributed by atoms with Crippen LogP contribution in [0.15, 0.2) is 170 Å². The lowest BCUT2D eigenvalue weighted by atomic mass is 9.98. The van der Waals surface area contributed by atoms with Gasteiger partial charge >= 0.3 is 0 Å². The van der Waals surface area contributed by atoms with Gasteiger partial charge in [0.2, 0.25) is 0 Å². The summed E-state index contributed by atoms with van der Waals surface area (Å²) in [7, 11) is 0. The highest BCUT2D eigenvalue weighted by Crippen LogP contribution is 2.42. The van der Waals surface area contributed by atoms with E-state index >= 15 is 0 Å². The number of aromatic nitrogens is 3. The Morgan fingerprint density at radius 2 is 0.911 bits per heavy atom. The highest BCUT2D eigenvalue weighted by atomic mass is 15.0. The van der Waals surface area contributed by atoms with E-state index in [9.17, 15) is 15.8 Å². The molecule has 3 aromatic heterocycles. The van der Waals surface area contributed by atoms with Gasteiger partial charge in [-0.25, -0.2) is 0 Å². The normalized spacial score (nSPS) is 11.2. The van der Waals surface area contributed by atoms with Gasteiger partial charge < -0.3 is 9.13 Å². The minimum atomic E-state index is 0.527. The SMILES string of the molecule is N#Cc1ccc(-n2c3ccccc3c3cc(-c4ccccc4C#N)ccc32)c(-c2ncccc2-n2c3ccccc3c3cc(-c4ccccc4C#N)ccc32)c1. The Kier molecular flexibility index (Phi) is 7.53. The second kappa shape index (κ2) is 13.0. The van der Waals surface area contributed by atoms with Crippen molar-refractivity contribution in [3.63, 3.8) is 0 Å². The molecular formula is C50H28N6. The summed E-state index contributed by atoms with van der Waals surface area (Å²) < 4.78 is 4.50. The second-order valence-electron chi connectivity index (χ2n) is 13.7. The summed E-state index contributed by atoms with van der Waals surface area (Å²) in [6.45, 7) is 0. The average Bonchev–Trinajstić information content (AvgIpc) is 3.78. The molecule has 3 heterocycles. The minimum Gasteiger partial charge on any atom is -0.309 e. The van der Waals surface area contributed by atoms with Crippen molar-refractivity contribution >= 4 is 43.6 Å². The first-order valence-electron chi connectivity index (χ1n) is 18.2. The van der Waals surface area contributed by atoms with E-state index in [4.69, 9.17) is 4.98 Å².